The van der Waals surface area contributed by atoms with E-state index in [0.29, 0.717) is 24.3 Å². The highest BCUT2D eigenvalue weighted by Crippen LogP contribution is 2.26. The molecule has 1 aromatic carbocycles. The van der Waals surface area contributed by atoms with Gasteiger partial charge in [-0.05, 0) is 49.6 Å². The summed E-state index contributed by atoms with van der Waals surface area (Å²) in [5.74, 6) is -0.156. The Labute approximate surface area is 165 Å². The maximum Gasteiger partial charge on any atom is 0.271 e. The molecule has 0 aliphatic heterocycles. The van der Waals surface area contributed by atoms with Gasteiger partial charge in [0, 0.05) is 12.1 Å². The van der Waals surface area contributed by atoms with E-state index in [4.69, 9.17) is 4.74 Å². The van der Waals surface area contributed by atoms with Crippen molar-refractivity contribution in [1.82, 2.24) is 4.57 Å². The Morgan fingerprint density at radius 1 is 1.18 bits per heavy atom. The van der Waals surface area contributed by atoms with Gasteiger partial charge in [-0.1, -0.05) is 26.7 Å². The average molecular weight is 382 g/mol. The maximum atomic E-state index is 13.0. The van der Waals surface area contributed by atoms with Gasteiger partial charge in [-0.2, -0.15) is 5.26 Å². The van der Waals surface area contributed by atoms with Crippen molar-refractivity contribution in [2.75, 3.05) is 6.61 Å². The van der Waals surface area contributed by atoms with E-state index in [1.807, 2.05) is 13.0 Å². The molecule has 1 N–H and O–H groups in total. The fourth-order valence-electron chi connectivity index (χ4n) is 2.93. The number of nitrogens with zero attached hydrogens (tertiary/aromatic N) is 2. The zero-order chi connectivity index (χ0) is 20.7. The van der Waals surface area contributed by atoms with Gasteiger partial charge in [-0.25, -0.2) is 0 Å². The molecule has 0 saturated heterocycles. The van der Waals surface area contributed by atoms with E-state index >= 15 is 0 Å². The topological polar surface area (TPSA) is 92.3 Å². The van der Waals surface area contributed by atoms with Gasteiger partial charge in [0.15, 0.2) is 5.78 Å². The summed E-state index contributed by atoms with van der Waals surface area (Å²) < 4.78 is 6.72. The summed E-state index contributed by atoms with van der Waals surface area (Å²) in [7, 11) is 0. The molecular weight excluding hydrogens is 356 g/mol. The van der Waals surface area contributed by atoms with E-state index in [1.54, 1.807) is 24.3 Å². The van der Waals surface area contributed by atoms with Crippen LogP contribution in [0.15, 0.2) is 29.1 Å². The summed E-state index contributed by atoms with van der Waals surface area (Å²) in [5.41, 5.74) is -0.136. The Bertz CT molecular complexity index is 937. The second-order valence-corrected chi connectivity index (χ2v) is 6.68. The first-order chi connectivity index (χ1) is 13.5. The Morgan fingerprint density at radius 2 is 1.82 bits per heavy atom. The lowest BCUT2D eigenvalue weighted by atomic mass is 9.97. The van der Waals surface area contributed by atoms with Gasteiger partial charge in [0.2, 0.25) is 5.88 Å². The molecule has 2 aromatic rings. The van der Waals surface area contributed by atoms with Gasteiger partial charge >= 0.3 is 0 Å². The Balaban J connectivity index is 2.44. The number of hydrogen-bond acceptors (Lipinski definition) is 5. The second-order valence-electron chi connectivity index (χ2n) is 6.68. The van der Waals surface area contributed by atoms with Crippen LogP contribution < -0.4 is 10.3 Å². The minimum absolute atomic E-state index is 0.00750. The lowest BCUT2D eigenvalue weighted by molar-refractivity contribution is 0.103. The highest BCUT2D eigenvalue weighted by molar-refractivity contribution is 6.11. The maximum absolute atomic E-state index is 13.0. The third kappa shape index (κ3) is 4.42. The van der Waals surface area contributed by atoms with E-state index in [-0.39, 0.29) is 29.1 Å². The summed E-state index contributed by atoms with van der Waals surface area (Å²) in [5, 5.41) is 20.0. The summed E-state index contributed by atoms with van der Waals surface area (Å²) >= 11 is 0. The van der Waals surface area contributed by atoms with Crippen LogP contribution in [0, 0.1) is 18.3 Å². The van der Waals surface area contributed by atoms with Crippen molar-refractivity contribution in [2.24, 2.45) is 0 Å². The molecule has 0 aliphatic rings. The smallest absolute Gasteiger partial charge is 0.271 e. The minimum atomic E-state index is -0.567. The molecule has 0 radical (unpaired) electrons. The number of ketones is 1. The lowest BCUT2D eigenvalue weighted by Crippen LogP contribution is -2.26. The Kier molecular flexibility index (Phi) is 7.39. The van der Waals surface area contributed by atoms with E-state index in [9.17, 15) is 20.0 Å². The quantitative estimate of drug-likeness (QED) is 0.524. The lowest BCUT2D eigenvalue weighted by Gasteiger charge is -2.15. The number of rotatable bonds is 9. The fourth-order valence-corrected chi connectivity index (χ4v) is 2.93. The number of hydrogen-bond donors (Lipinski definition) is 1. The van der Waals surface area contributed by atoms with Crippen molar-refractivity contribution in [1.29, 1.82) is 5.26 Å². The van der Waals surface area contributed by atoms with Crippen molar-refractivity contribution in [3.63, 3.8) is 0 Å². The Hall–Kier alpha value is -3.07. The van der Waals surface area contributed by atoms with E-state index in [2.05, 4.69) is 6.92 Å². The predicted molar refractivity (Wildman–Crippen MR) is 107 cm³/mol. The third-order valence-corrected chi connectivity index (χ3v) is 4.65. The molecule has 0 bridgehead atoms. The zero-order valence-corrected chi connectivity index (χ0v) is 16.6. The molecule has 6 heteroatoms. The van der Waals surface area contributed by atoms with Crippen LogP contribution in [0.5, 0.6) is 11.6 Å². The first-order valence-electron chi connectivity index (χ1n) is 9.60. The van der Waals surface area contributed by atoms with Gasteiger partial charge in [0.05, 0.1) is 12.2 Å². The van der Waals surface area contributed by atoms with Crippen LogP contribution in [0.3, 0.4) is 0 Å². The number of benzene rings is 1. The van der Waals surface area contributed by atoms with Crippen molar-refractivity contribution in [3.8, 4) is 17.7 Å². The van der Waals surface area contributed by atoms with Crippen LogP contribution >= 0.6 is 0 Å². The third-order valence-electron chi connectivity index (χ3n) is 4.65. The minimum Gasteiger partial charge on any atom is -0.494 e. The largest absolute Gasteiger partial charge is 0.494 e. The molecule has 148 valence electrons. The molecule has 0 fully saturated rings. The molecule has 1 heterocycles. The number of aromatic nitrogens is 1. The number of pyridine rings is 1. The van der Waals surface area contributed by atoms with Gasteiger partial charge in [-0.15, -0.1) is 0 Å². The molecule has 0 atom stereocenters. The van der Waals surface area contributed by atoms with E-state index in [0.717, 1.165) is 23.8 Å². The summed E-state index contributed by atoms with van der Waals surface area (Å²) in [6.45, 7) is 6.41. The van der Waals surface area contributed by atoms with Crippen molar-refractivity contribution in [2.45, 2.75) is 53.0 Å². The summed E-state index contributed by atoms with van der Waals surface area (Å²) in [4.78, 5) is 25.5. The number of unbranched alkanes of at least 4 members (excludes halogenated alkanes) is 2. The van der Waals surface area contributed by atoms with Crippen molar-refractivity contribution < 1.29 is 14.6 Å². The van der Waals surface area contributed by atoms with Gasteiger partial charge in [0.25, 0.3) is 5.56 Å². The first kappa shape index (κ1) is 21.2. The van der Waals surface area contributed by atoms with E-state index < -0.39 is 11.3 Å². The van der Waals surface area contributed by atoms with Crippen LogP contribution in [0.25, 0.3) is 0 Å². The van der Waals surface area contributed by atoms with Crippen LogP contribution in [0.1, 0.15) is 66.6 Å². The molecule has 0 unspecified atom stereocenters. The standard InChI is InChI=1S/C22H26N2O4/c1-4-6-12-24-21(26)18(14-23)15(3)19(22(24)27)20(25)16-8-10-17(11-9-16)28-13-7-5-2/h8-11,27H,4-7,12-13H2,1-3H3. The Morgan fingerprint density at radius 3 is 2.39 bits per heavy atom. The summed E-state index contributed by atoms with van der Waals surface area (Å²) in [6, 6.07) is 8.52. The van der Waals surface area contributed by atoms with Gasteiger partial charge in [-0.3, -0.25) is 14.2 Å². The molecule has 0 spiro atoms. The monoisotopic (exact) mass is 382 g/mol. The second kappa shape index (κ2) is 9.75. The first-order valence-corrected chi connectivity index (χ1v) is 9.60. The predicted octanol–water partition coefficient (Wildman–Crippen LogP) is 3.94. The van der Waals surface area contributed by atoms with Crippen LogP contribution in [-0.4, -0.2) is 22.1 Å². The molecule has 0 aliphatic carbocycles. The number of aromatic hydroxyl groups is 1. The van der Waals surface area contributed by atoms with Crippen molar-refractivity contribution >= 4 is 5.78 Å². The van der Waals surface area contributed by atoms with Gasteiger partial charge < -0.3 is 9.84 Å². The number of carbonyl (C=O) groups excluding carboxylic acids is 1. The fraction of sp³-hybridized carbons (Fsp3) is 0.409. The average Bonchev–Trinajstić information content (AvgIpc) is 2.69. The zero-order valence-electron chi connectivity index (χ0n) is 16.6. The SMILES string of the molecule is CCCCOc1ccc(C(=O)c2c(C)c(C#N)c(=O)n(CCCC)c2O)cc1. The molecule has 0 saturated carbocycles. The molecule has 1 aromatic heterocycles. The van der Waals surface area contributed by atoms with Crippen LogP contribution in [0.4, 0.5) is 0 Å². The normalized spacial score (nSPS) is 10.5. The molecule has 0 amide bonds. The van der Waals surface area contributed by atoms with Crippen molar-refractivity contribution in [3.05, 3.63) is 56.9 Å². The highest BCUT2D eigenvalue weighted by atomic mass is 16.5. The molecular formula is C22H26N2O4. The molecule has 2 rings (SSSR count). The molecule has 28 heavy (non-hydrogen) atoms. The van der Waals surface area contributed by atoms with Crippen LogP contribution in [0.2, 0.25) is 0 Å². The summed E-state index contributed by atoms with van der Waals surface area (Å²) in [6.07, 6.45) is 3.44. The van der Waals surface area contributed by atoms with E-state index in [1.165, 1.54) is 6.92 Å². The number of ether oxygens (including phenoxy) is 1. The highest BCUT2D eigenvalue weighted by Gasteiger charge is 2.24. The number of nitriles is 1. The number of carbonyl (C=O) groups is 1. The van der Waals surface area contributed by atoms with Crippen LogP contribution in [-0.2, 0) is 6.54 Å². The van der Waals surface area contributed by atoms with Gasteiger partial charge in [0.1, 0.15) is 17.4 Å². The molecule has 6 nitrogen and oxygen atoms in total.